The van der Waals surface area contributed by atoms with Crippen LogP contribution in [0.25, 0.3) is 22.3 Å². The van der Waals surface area contributed by atoms with E-state index in [9.17, 15) is 0 Å². The number of H-pyrrole nitrogens is 1. The number of fused-ring (bicyclic) bond motifs is 1. The number of thioether (sulfide) groups is 1. The van der Waals surface area contributed by atoms with E-state index in [1.165, 1.54) is 18.2 Å². The van der Waals surface area contributed by atoms with Crippen LogP contribution in [0, 0.1) is 0 Å². The molecule has 26 heavy (non-hydrogen) atoms. The molecule has 3 aromatic heterocycles. The third-order valence-electron chi connectivity index (χ3n) is 4.54. The summed E-state index contributed by atoms with van der Waals surface area (Å²) >= 11 is 1.60. The minimum Gasteiger partial charge on any atom is -0.424 e. The Morgan fingerprint density at radius 2 is 2.00 bits per heavy atom. The van der Waals surface area contributed by atoms with Gasteiger partial charge in [0, 0.05) is 35.1 Å². The zero-order chi connectivity index (χ0) is 17.5. The summed E-state index contributed by atoms with van der Waals surface area (Å²) in [6.45, 7) is 2.00. The van der Waals surface area contributed by atoms with E-state index in [4.69, 9.17) is 4.42 Å². The van der Waals surface area contributed by atoms with Gasteiger partial charge in [-0.3, -0.25) is 4.57 Å². The van der Waals surface area contributed by atoms with Gasteiger partial charge in [-0.25, -0.2) is 0 Å². The number of nitrogens with one attached hydrogen (secondary N) is 1. The maximum atomic E-state index is 5.60. The lowest BCUT2D eigenvalue weighted by atomic mass is 10.1. The number of nitrogens with zero attached hydrogens (tertiary/aromatic N) is 5. The van der Waals surface area contributed by atoms with Crippen molar-refractivity contribution < 1.29 is 4.42 Å². The van der Waals surface area contributed by atoms with E-state index < -0.39 is 0 Å². The number of rotatable bonds is 6. The third-order valence-corrected chi connectivity index (χ3v) is 5.47. The highest BCUT2D eigenvalue weighted by atomic mass is 32.2. The van der Waals surface area contributed by atoms with E-state index >= 15 is 0 Å². The predicted molar refractivity (Wildman–Crippen MR) is 98.8 cm³/mol. The predicted octanol–water partition coefficient (Wildman–Crippen LogP) is 4.00. The molecule has 0 radical (unpaired) electrons. The van der Waals surface area contributed by atoms with E-state index in [0.717, 1.165) is 28.5 Å². The van der Waals surface area contributed by atoms with E-state index in [2.05, 4.69) is 42.1 Å². The van der Waals surface area contributed by atoms with Crippen molar-refractivity contribution in [3.63, 3.8) is 0 Å². The summed E-state index contributed by atoms with van der Waals surface area (Å²) in [5.74, 6) is 2.83. The molecule has 1 N–H and O–H groups in total. The van der Waals surface area contributed by atoms with Crippen molar-refractivity contribution in [2.75, 3.05) is 0 Å². The molecule has 1 aromatic carbocycles. The first kappa shape index (κ1) is 15.6. The number of aromatic amines is 1. The van der Waals surface area contributed by atoms with Crippen LogP contribution in [0.1, 0.15) is 37.6 Å². The molecule has 5 rings (SSSR count). The maximum absolute atomic E-state index is 5.60. The van der Waals surface area contributed by atoms with Gasteiger partial charge in [0.15, 0.2) is 11.0 Å². The lowest BCUT2D eigenvalue weighted by Gasteiger charge is -2.07. The summed E-state index contributed by atoms with van der Waals surface area (Å²) in [5, 5.41) is 19.1. The highest BCUT2D eigenvalue weighted by Gasteiger charge is 2.31. The summed E-state index contributed by atoms with van der Waals surface area (Å²) in [6, 6.07) is 8.75. The zero-order valence-corrected chi connectivity index (χ0v) is 15.2. The van der Waals surface area contributed by atoms with E-state index in [-0.39, 0.29) is 0 Å². The molecule has 1 aliphatic rings. The molecule has 3 heterocycles. The van der Waals surface area contributed by atoms with Gasteiger partial charge in [-0.15, -0.1) is 20.4 Å². The normalized spacial score (nSPS) is 14.3. The Bertz CT molecular complexity index is 1060. The monoisotopic (exact) mass is 366 g/mol. The van der Waals surface area contributed by atoms with Gasteiger partial charge in [-0.1, -0.05) is 36.9 Å². The van der Waals surface area contributed by atoms with Crippen LogP contribution in [0.5, 0.6) is 0 Å². The molecule has 1 aliphatic carbocycles. The number of para-hydroxylation sites is 1. The topological polar surface area (TPSA) is 85.4 Å². The number of hydrogen-bond acceptors (Lipinski definition) is 6. The number of aromatic nitrogens is 6. The SMILES string of the molecule is CCc1nnc(CSc2nnc(-c3c[nH]c4ccccc34)n2C2CC2)o1. The van der Waals surface area contributed by atoms with Crippen molar-refractivity contribution in [1.82, 2.24) is 29.9 Å². The molecule has 0 saturated heterocycles. The van der Waals surface area contributed by atoms with Crippen molar-refractivity contribution >= 4 is 22.7 Å². The maximum Gasteiger partial charge on any atom is 0.226 e. The van der Waals surface area contributed by atoms with Crippen molar-refractivity contribution in [2.45, 2.75) is 43.1 Å². The van der Waals surface area contributed by atoms with Gasteiger partial charge in [0.1, 0.15) is 0 Å². The lowest BCUT2D eigenvalue weighted by Crippen LogP contribution is -1.99. The molecule has 1 saturated carbocycles. The summed E-state index contributed by atoms with van der Waals surface area (Å²) in [6.07, 6.45) is 5.11. The van der Waals surface area contributed by atoms with Gasteiger partial charge in [0.2, 0.25) is 11.8 Å². The Hall–Kier alpha value is -2.61. The van der Waals surface area contributed by atoms with Gasteiger partial charge in [-0.2, -0.15) is 0 Å². The van der Waals surface area contributed by atoms with Gasteiger partial charge in [-0.05, 0) is 18.9 Å². The summed E-state index contributed by atoms with van der Waals surface area (Å²) < 4.78 is 7.86. The van der Waals surface area contributed by atoms with Gasteiger partial charge >= 0.3 is 0 Å². The summed E-state index contributed by atoms with van der Waals surface area (Å²) in [5.41, 5.74) is 2.21. The molecule has 7 nitrogen and oxygen atoms in total. The second kappa shape index (κ2) is 6.28. The van der Waals surface area contributed by atoms with E-state index in [0.29, 0.717) is 23.6 Å². The molecule has 0 bridgehead atoms. The molecular weight excluding hydrogens is 348 g/mol. The van der Waals surface area contributed by atoms with Crippen molar-refractivity contribution in [3.8, 4) is 11.4 Å². The van der Waals surface area contributed by atoms with Gasteiger partial charge < -0.3 is 9.40 Å². The Morgan fingerprint density at radius 1 is 1.15 bits per heavy atom. The lowest BCUT2D eigenvalue weighted by molar-refractivity contribution is 0.469. The van der Waals surface area contributed by atoms with Crippen molar-refractivity contribution in [3.05, 3.63) is 42.2 Å². The second-order valence-electron chi connectivity index (χ2n) is 6.39. The summed E-state index contributed by atoms with van der Waals surface area (Å²) in [4.78, 5) is 3.33. The average molecular weight is 366 g/mol. The van der Waals surface area contributed by atoms with Crippen LogP contribution in [-0.2, 0) is 12.2 Å². The van der Waals surface area contributed by atoms with Crippen LogP contribution in [0.15, 0.2) is 40.0 Å². The Labute approximate surface area is 154 Å². The highest BCUT2D eigenvalue weighted by molar-refractivity contribution is 7.98. The van der Waals surface area contributed by atoms with Gasteiger partial charge in [0.05, 0.1) is 5.75 Å². The molecular formula is C18H18N6OS. The first-order valence-electron chi connectivity index (χ1n) is 8.79. The second-order valence-corrected chi connectivity index (χ2v) is 7.33. The summed E-state index contributed by atoms with van der Waals surface area (Å²) in [7, 11) is 0. The molecule has 0 amide bonds. The first-order chi connectivity index (χ1) is 12.8. The minimum atomic E-state index is 0.477. The minimum absolute atomic E-state index is 0.477. The Kier molecular flexibility index (Phi) is 3.77. The number of hydrogen-bond donors (Lipinski definition) is 1. The molecule has 4 aromatic rings. The Morgan fingerprint density at radius 3 is 2.81 bits per heavy atom. The van der Waals surface area contributed by atoms with Crippen LogP contribution in [-0.4, -0.2) is 29.9 Å². The standard InChI is InChI=1S/C18H18N6OS/c1-2-15-20-21-16(25-15)10-26-18-23-22-17(24(18)11-7-8-11)13-9-19-14-6-4-3-5-12(13)14/h3-6,9,11,19H,2,7-8,10H2,1H3. The molecule has 0 aliphatic heterocycles. The Balaban J connectivity index is 1.48. The number of aryl methyl sites for hydroxylation is 1. The quantitative estimate of drug-likeness (QED) is 0.519. The van der Waals surface area contributed by atoms with Crippen LogP contribution in [0.4, 0.5) is 0 Å². The molecule has 0 spiro atoms. The van der Waals surface area contributed by atoms with Crippen LogP contribution >= 0.6 is 11.8 Å². The smallest absolute Gasteiger partial charge is 0.226 e. The van der Waals surface area contributed by atoms with E-state index in [1.807, 2.05) is 25.3 Å². The van der Waals surface area contributed by atoms with Crippen LogP contribution < -0.4 is 0 Å². The van der Waals surface area contributed by atoms with Crippen molar-refractivity contribution in [1.29, 1.82) is 0 Å². The first-order valence-corrected chi connectivity index (χ1v) is 9.77. The van der Waals surface area contributed by atoms with E-state index in [1.54, 1.807) is 11.8 Å². The third kappa shape index (κ3) is 2.70. The highest BCUT2D eigenvalue weighted by Crippen LogP contribution is 2.42. The fourth-order valence-electron chi connectivity index (χ4n) is 3.09. The molecule has 0 unspecified atom stereocenters. The van der Waals surface area contributed by atoms with Crippen molar-refractivity contribution in [2.24, 2.45) is 0 Å². The fraction of sp³-hybridized carbons (Fsp3) is 0.333. The molecule has 0 atom stereocenters. The van der Waals surface area contributed by atoms with Crippen LogP contribution in [0.3, 0.4) is 0 Å². The molecule has 8 heteroatoms. The van der Waals surface area contributed by atoms with Gasteiger partial charge in [0.25, 0.3) is 0 Å². The number of benzene rings is 1. The largest absolute Gasteiger partial charge is 0.424 e. The fourth-order valence-corrected chi connectivity index (χ4v) is 3.94. The molecule has 132 valence electrons. The van der Waals surface area contributed by atoms with Crippen LogP contribution in [0.2, 0.25) is 0 Å². The zero-order valence-electron chi connectivity index (χ0n) is 14.3. The molecule has 1 fully saturated rings. The average Bonchev–Trinajstić information content (AvgIpc) is 3.10.